The highest BCUT2D eigenvalue weighted by Crippen LogP contribution is 2.33. The van der Waals surface area contributed by atoms with Gasteiger partial charge in [0.25, 0.3) is 0 Å². The predicted octanol–water partition coefficient (Wildman–Crippen LogP) is 1.04. The van der Waals surface area contributed by atoms with Gasteiger partial charge in [-0.25, -0.2) is 4.98 Å². The van der Waals surface area contributed by atoms with Crippen LogP contribution in [0.2, 0.25) is 0 Å². The Bertz CT molecular complexity index is 485. The van der Waals surface area contributed by atoms with Crippen LogP contribution in [0.1, 0.15) is 38.5 Å². The number of aliphatic hydroxyl groups is 2. The highest BCUT2D eigenvalue weighted by molar-refractivity contribution is 5.35. The van der Waals surface area contributed by atoms with E-state index in [1.165, 1.54) is 0 Å². The maximum atomic E-state index is 10.5. The van der Waals surface area contributed by atoms with Crippen molar-refractivity contribution in [1.29, 1.82) is 0 Å². The molecule has 1 saturated carbocycles. The highest BCUT2D eigenvalue weighted by atomic mass is 16.3. The van der Waals surface area contributed by atoms with Crippen molar-refractivity contribution in [2.75, 3.05) is 31.6 Å². The molecule has 1 atom stereocenters. The minimum atomic E-state index is -0.866. The summed E-state index contributed by atoms with van der Waals surface area (Å²) < 4.78 is 0. The van der Waals surface area contributed by atoms with Crippen LogP contribution < -0.4 is 4.90 Å². The Morgan fingerprint density at radius 1 is 1.30 bits per heavy atom. The molecule has 0 spiro atoms. The van der Waals surface area contributed by atoms with Gasteiger partial charge in [0, 0.05) is 38.1 Å². The Kier molecular flexibility index (Phi) is 5.14. The molecule has 1 aliphatic carbocycles. The normalized spacial score (nSPS) is 23.4. The van der Waals surface area contributed by atoms with E-state index in [0.717, 1.165) is 57.4 Å². The molecule has 2 N–H and O–H groups in total. The van der Waals surface area contributed by atoms with Gasteiger partial charge in [-0.2, -0.15) is 0 Å². The lowest BCUT2D eigenvalue weighted by Crippen LogP contribution is -2.51. The summed E-state index contributed by atoms with van der Waals surface area (Å²) in [5, 5.41) is 20.9. The van der Waals surface area contributed by atoms with Crippen LogP contribution in [0.15, 0.2) is 18.6 Å². The molecule has 6 nitrogen and oxygen atoms in total. The van der Waals surface area contributed by atoms with Crippen LogP contribution in [0.5, 0.6) is 0 Å². The van der Waals surface area contributed by atoms with E-state index in [0.29, 0.717) is 12.6 Å². The number of likely N-dealkylation sites (N-methyl/N-ethyl adjacent to an activating group) is 1. The van der Waals surface area contributed by atoms with E-state index in [9.17, 15) is 10.2 Å². The molecule has 1 aromatic rings. The molecule has 0 aromatic carbocycles. The highest BCUT2D eigenvalue weighted by Gasteiger charge is 2.39. The van der Waals surface area contributed by atoms with Gasteiger partial charge in [0.15, 0.2) is 0 Å². The van der Waals surface area contributed by atoms with Crippen molar-refractivity contribution in [3.63, 3.8) is 0 Å². The number of aromatic nitrogens is 2. The van der Waals surface area contributed by atoms with Crippen molar-refractivity contribution in [1.82, 2.24) is 14.9 Å². The zero-order chi connectivity index (χ0) is 16.3. The summed E-state index contributed by atoms with van der Waals surface area (Å²) in [6, 6.07) is 0.447. The SMILES string of the molecule is CN(CC(O)C1(O)CCCC1)C1CCN(c2cnccn2)CC1. The summed E-state index contributed by atoms with van der Waals surface area (Å²) in [4.78, 5) is 13.0. The van der Waals surface area contributed by atoms with Crippen molar-refractivity contribution in [3.05, 3.63) is 18.6 Å². The van der Waals surface area contributed by atoms with Gasteiger partial charge in [-0.3, -0.25) is 4.98 Å². The average molecular weight is 320 g/mol. The molecule has 1 saturated heterocycles. The van der Waals surface area contributed by atoms with Gasteiger partial charge >= 0.3 is 0 Å². The molecule has 1 unspecified atom stereocenters. The lowest BCUT2D eigenvalue weighted by molar-refractivity contribution is -0.0834. The first-order chi connectivity index (χ1) is 11.1. The Morgan fingerprint density at radius 2 is 2.00 bits per heavy atom. The topological polar surface area (TPSA) is 72.7 Å². The van der Waals surface area contributed by atoms with E-state index in [1.54, 1.807) is 12.4 Å². The Labute approximate surface area is 138 Å². The van der Waals surface area contributed by atoms with Crippen LogP contribution >= 0.6 is 0 Å². The molecule has 1 aliphatic heterocycles. The van der Waals surface area contributed by atoms with Crippen LogP contribution in [0, 0.1) is 0 Å². The quantitative estimate of drug-likeness (QED) is 0.845. The van der Waals surface area contributed by atoms with Crippen molar-refractivity contribution in [2.24, 2.45) is 0 Å². The summed E-state index contributed by atoms with van der Waals surface area (Å²) >= 11 is 0. The van der Waals surface area contributed by atoms with Crippen molar-refractivity contribution in [2.45, 2.75) is 56.3 Å². The number of rotatable bonds is 5. The smallest absolute Gasteiger partial charge is 0.147 e. The first-order valence-electron chi connectivity index (χ1n) is 8.70. The molecular formula is C17H28N4O2. The second-order valence-electron chi connectivity index (χ2n) is 7.05. The average Bonchev–Trinajstić information content (AvgIpc) is 3.04. The number of piperidine rings is 1. The minimum Gasteiger partial charge on any atom is -0.389 e. The predicted molar refractivity (Wildman–Crippen MR) is 89.3 cm³/mol. The molecule has 2 heterocycles. The van der Waals surface area contributed by atoms with Gasteiger partial charge in [-0.1, -0.05) is 12.8 Å². The lowest BCUT2D eigenvalue weighted by Gasteiger charge is -2.39. The standard InChI is InChI=1S/C17H28N4O2/c1-20(13-15(22)17(23)6-2-3-7-17)14-4-10-21(11-5-14)16-12-18-8-9-19-16/h8-9,12,14-15,22-23H,2-7,10-11,13H2,1H3. The van der Waals surface area contributed by atoms with Crippen LogP contribution in [0.25, 0.3) is 0 Å². The summed E-state index contributed by atoms with van der Waals surface area (Å²) in [5.41, 5.74) is -0.866. The van der Waals surface area contributed by atoms with Crippen LogP contribution in [0.4, 0.5) is 5.82 Å². The summed E-state index contributed by atoms with van der Waals surface area (Å²) in [6.07, 6.45) is 10.2. The number of nitrogens with zero attached hydrogens (tertiary/aromatic N) is 4. The van der Waals surface area contributed by atoms with E-state index in [1.807, 2.05) is 6.20 Å². The van der Waals surface area contributed by atoms with Gasteiger partial charge < -0.3 is 20.0 Å². The Hall–Kier alpha value is -1.24. The second kappa shape index (κ2) is 7.11. The third-order valence-corrected chi connectivity index (χ3v) is 5.51. The van der Waals surface area contributed by atoms with Crippen molar-refractivity contribution < 1.29 is 10.2 Å². The van der Waals surface area contributed by atoms with Gasteiger partial charge in [0.2, 0.25) is 0 Å². The first kappa shape index (κ1) is 16.6. The molecule has 3 rings (SSSR count). The van der Waals surface area contributed by atoms with E-state index in [2.05, 4.69) is 26.8 Å². The van der Waals surface area contributed by atoms with Gasteiger partial charge in [-0.15, -0.1) is 0 Å². The fourth-order valence-corrected chi connectivity index (χ4v) is 3.90. The van der Waals surface area contributed by atoms with Crippen LogP contribution in [-0.2, 0) is 0 Å². The number of aliphatic hydroxyl groups excluding tert-OH is 1. The van der Waals surface area contributed by atoms with Gasteiger partial charge in [0.1, 0.15) is 5.82 Å². The fraction of sp³-hybridized carbons (Fsp3) is 0.765. The summed E-state index contributed by atoms with van der Waals surface area (Å²) in [6.45, 7) is 2.45. The Morgan fingerprint density at radius 3 is 2.61 bits per heavy atom. The lowest BCUT2D eigenvalue weighted by atomic mass is 9.93. The maximum absolute atomic E-state index is 10.5. The molecule has 2 aliphatic rings. The number of hydrogen-bond donors (Lipinski definition) is 2. The molecule has 2 fully saturated rings. The molecule has 0 radical (unpaired) electrons. The zero-order valence-corrected chi connectivity index (χ0v) is 13.9. The molecule has 23 heavy (non-hydrogen) atoms. The van der Waals surface area contributed by atoms with E-state index in [-0.39, 0.29) is 0 Å². The molecular weight excluding hydrogens is 292 g/mol. The maximum Gasteiger partial charge on any atom is 0.147 e. The van der Waals surface area contributed by atoms with E-state index < -0.39 is 11.7 Å². The van der Waals surface area contributed by atoms with Crippen molar-refractivity contribution >= 4 is 5.82 Å². The van der Waals surface area contributed by atoms with E-state index in [4.69, 9.17) is 0 Å². The molecule has 0 amide bonds. The first-order valence-corrected chi connectivity index (χ1v) is 8.70. The summed E-state index contributed by atoms with van der Waals surface area (Å²) in [5.74, 6) is 0.939. The Balaban J connectivity index is 1.49. The van der Waals surface area contributed by atoms with Gasteiger partial charge in [-0.05, 0) is 32.7 Å². The number of anilines is 1. The monoisotopic (exact) mass is 320 g/mol. The van der Waals surface area contributed by atoms with Crippen LogP contribution in [-0.4, -0.2) is 69.5 Å². The third-order valence-electron chi connectivity index (χ3n) is 5.51. The summed E-state index contributed by atoms with van der Waals surface area (Å²) in [7, 11) is 2.06. The van der Waals surface area contributed by atoms with Crippen molar-refractivity contribution in [3.8, 4) is 0 Å². The largest absolute Gasteiger partial charge is 0.389 e. The third kappa shape index (κ3) is 3.82. The molecule has 0 bridgehead atoms. The van der Waals surface area contributed by atoms with E-state index >= 15 is 0 Å². The fourth-order valence-electron chi connectivity index (χ4n) is 3.90. The van der Waals surface area contributed by atoms with Gasteiger partial charge in [0.05, 0.1) is 17.9 Å². The zero-order valence-electron chi connectivity index (χ0n) is 13.9. The van der Waals surface area contributed by atoms with Crippen LogP contribution in [0.3, 0.4) is 0 Å². The second-order valence-corrected chi connectivity index (χ2v) is 7.05. The molecule has 1 aromatic heterocycles. The molecule has 6 heteroatoms. The number of hydrogen-bond acceptors (Lipinski definition) is 6. The minimum absolute atomic E-state index is 0.447. The molecule has 128 valence electrons.